The molecule has 1 aromatic rings. The molecule has 2 rings (SSSR count). The van der Waals surface area contributed by atoms with Crippen molar-refractivity contribution < 1.29 is 45.2 Å². The molecule has 0 saturated heterocycles. The van der Waals surface area contributed by atoms with Crippen LogP contribution in [0.25, 0.3) is 6.08 Å². The number of carbonyl (C=O) groups excluding carboxylic acids is 1. The first-order chi connectivity index (χ1) is 11.7. The molecule has 0 amide bonds. The van der Waals surface area contributed by atoms with Crippen molar-refractivity contribution in [3.05, 3.63) is 29.8 Å². The lowest BCUT2D eigenvalue weighted by atomic mass is 9.80. The number of ether oxygens (including phenoxy) is 1. The van der Waals surface area contributed by atoms with Crippen LogP contribution in [0.1, 0.15) is 18.4 Å². The second-order valence-corrected chi connectivity index (χ2v) is 6.02. The van der Waals surface area contributed by atoms with Gasteiger partial charge >= 0.3 is 5.97 Å². The number of rotatable bonds is 5. The maximum absolute atomic E-state index is 11.9. The second-order valence-electron chi connectivity index (χ2n) is 6.02. The number of phenols is 2. The highest BCUT2D eigenvalue weighted by Crippen LogP contribution is 2.31. The SMILES string of the molecule is O=C(C=Cc1ccc(O)c(O)c1)OC1CC(O)(COO)CC(O)C1O. The van der Waals surface area contributed by atoms with Gasteiger partial charge in [-0.05, 0) is 23.8 Å². The molecule has 1 saturated carbocycles. The van der Waals surface area contributed by atoms with Crippen LogP contribution < -0.4 is 0 Å². The molecule has 0 spiro atoms. The molecule has 1 fully saturated rings. The molecule has 1 aliphatic rings. The van der Waals surface area contributed by atoms with Crippen LogP contribution in [0.15, 0.2) is 24.3 Å². The standard InChI is InChI=1S/C16H20O9/c17-10-3-1-9(5-11(10)18)2-4-14(20)25-13-7-16(22,8-24-23)6-12(19)15(13)21/h1-5,12-13,15,17-19,21-23H,6-8H2. The molecule has 9 nitrogen and oxygen atoms in total. The van der Waals surface area contributed by atoms with E-state index in [0.717, 1.165) is 6.08 Å². The largest absolute Gasteiger partial charge is 0.504 e. The van der Waals surface area contributed by atoms with Gasteiger partial charge in [0.05, 0.1) is 11.7 Å². The molecule has 9 heteroatoms. The molecular weight excluding hydrogens is 336 g/mol. The third-order valence-corrected chi connectivity index (χ3v) is 3.96. The van der Waals surface area contributed by atoms with Crippen LogP contribution in [0.3, 0.4) is 0 Å². The Labute approximate surface area is 142 Å². The molecule has 0 heterocycles. The summed E-state index contributed by atoms with van der Waals surface area (Å²) in [6.45, 7) is -0.506. The van der Waals surface area contributed by atoms with Gasteiger partial charge in [0.1, 0.15) is 18.8 Å². The lowest BCUT2D eigenvalue weighted by Gasteiger charge is -2.40. The predicted molar refractivity (Wildman–Crippen MR) is 83.5 cm³/mol. The van der Waals surface area contributed by atoms with Crippen LogP contribution in [0.2, 0.25) is 0 Å². The Morgan fingerprint density at radius 3 is 2.60 bits per heavy atom. The summed E-state index contributed by atoms with van der Waals surface area (Å²) in [6.07, 6.45) is -2.08. The second kappa shape index (κ2) is 7.81. The van der Waals surface area contributed by atoms with Crippen molar-refractivity contribution in [1.29, 1.82) is 0 Å². The summed E-state index contributed by atoms with van der Waals surface area (Å²) in [7, 11) is 0. The molecule has 4 unspecified atom stereocenters. The fourth-order valence-electron chi connectivity index (χ4n) is 2.68. The lowest BCUT2D eigenvalue weighted by Crippen LogP contribution is -2.55. The van der Waals surface area contributed by atoms with Crippen LogP contribution in [0.4, 0.5) is 0 Å². The topological polar surface area (TPSA) is 157 Å². The maximum atomic E-state index is 11.9. The molecule has 25 heavy (non-hydrogen) atoms. The summed E-state index contributed by atoms with van der Waals surface area (Å²) >= 11 is 0. The van der Waals surface area contributed by atoms with Gasteiger partial charge in [0.25, 0.3) is 0 Å². The number of carbonyl (C=O) groups is 1. The highest BCUT2D eigenvalue weighted by molar-refractivity contribution is 5.87. The fourth-order valence-corrected chi connectivity index (χ4v) is 2.68. The third kappa shape index (κ3) is 4.91. The molecule has 0 radical (unpaired) electrons. The van der Waals surface area contributed by atoms with Crippen LogP contribution in [0.5, 0.6) is 11.5 Å². The summed E-state index contributed by atoms with van der Waals surface area (Å²) in [5.74, 6) is -1.50. The molecule has 0 bridgehead atoms. The van der Waals surface area contributed by atoms with Crippen molar-refractivity contribution in [3.8, 4) is 11.5 Å². The average Bonchev–Trinajstić information content (AvgIpc) is 2.53. The monoisotopic (exact) mass is 356 g/mol. The minimum absolute atomic E-state index is 0.231. The van der Waals surface area contributed by atoms with E-state index in [2.05, 4.69) is 4.89 Å². The Morgan fingerprint density at radius 2 is 1.96 bits per heavy atom. The molecule has 1 aliphatic carbocycles. The van der Waals surface area contributed by atoms with Gasteiger partial charge < -0.3 is 30.3 Å². The van der Waals surface area contributed by atoms with E-state index in [-0.39, 0.29) is 24.3 Å². The smallest absolute Gasteiger partial charge is 0.331 e. The number of hydrogen-bond donors (Lipinski definition) is 6. The molecule has 6 N–H and O–H groups in total. The van der Waals surface area contributed by atoms with Crippen molar-refractivity contribution in [2.75, 3.05) is 6.61 Å². The first kappa shape index (κ1) is 19.2. The Balaban J connectivity index is 2.02. The number of esters is 1. The predicted octanol–water partition coefficient (Wildman–Crippen LogP) is -0.241. The summed E-state index contributed by atoms with van der Waals surface area (Å²) in [6, 6.07) is 3.93. The number of phenolic OH excluding ortho intramolecular Hbond substituents is 2. The Hall–Kier alpha value is -2.17. The first-order valence-corrected chi connectivity index (χ1v) is 7.49. The number of aliphatic hydroxyl groups is 3. The van der Waals surface area contributed by atoms with Gasteiger partial charge in [0.15, 0.2) is 11.5 Å². The Bertz CT molecular complexity index is 644. The normalized spacial score (nSPS) is 29.7. The highest BCUT2D eigenvalue weighted by atomic mass is 17.1. The minimum atomic E-state index is -1.65. The van der Waals surface area contributed by atoms with E-state index >= 15 is 0 Å². The van der Waals surface area contributed by atoms with Crippen LogP contribution in [0, 0.1) is 0 Å². The zero-order valence-corrected chi connectivity index (χ0v) is 13.1. The van der Waals surface area contributed by atoms with Crippen molar-refractivity contribution in [2.24, 2.45) is 0 Å². The van der Waals surface area contributed by atoms with Gasteiger partial charge in [0.2, 0.25) is 0 Å². The molecular formula is C16H20O9. The number of aliphatic hydroxyl groups excluding tert-OH is 2. The van der Waals surface area contributed by atoms with Gasteiger partial charge in [-0.2, -0.15) is 0 Å². The molecule has 0 aromatic heterocycles. The van der Waals surface area contributed by atoms with Crippen LogP contribution in [-0.4, -0.2) is 67.3 Å². The lowest BCUT2D eigenvalue weighted by molar-refractivity contribution is -0.287. The number of benzene rings is 1. The van der Waals surface area contributed by atoms with Gasteiger partial charge in [-0.15, -0.1) is 0 Å². The number of aromatic hydroxyl groups is 2. The zero-order chi connectivity index (χ0) is 18.6. The van der Waals surface area contributed by atoms with Crippen molar-refractivity contribution in [1.82, 2.24) is 0 Å². The highest BCUT2D eigenvalue weighted by Gasteiger charge is 2.46. The Kier molecular flexibility index (Phi) is 5.98. The van der Waals surface area contributed by atoms with E-state index in [1.165, 1.54) is 24.3 Å². The molecule has 138 valence electrons. The first-order valence-electron chi connectivity index (χ1n) is 7.49. The zero-order valence-electron chi connectivity index (χ0n) is 13.1. The van der Waals surface area contributed by atoms with Gasteiger partial charge in [-0.1, -0.05) is 6.07 Å². The molecule has 1 aromatic carbocycles. The van der Waals surface area contributed by atoms with Crippen molar-refractivity contribution in [2.45, 2.75) is 36.8 Å². The van der Waals surface area contributed by atoms with Gasteiger partial charge in [-0.25, -0.2) is 9.68 Å². The molecule has 0 aliphatic heterocycles. The fraction of sp³-hybridized carbons (Fsp3) is 0.438. The quantitative estimate of drug-likeness (QED) is 0.138. The van der Waals surface area contributed by atoms with E-state index in [4.69, 9.17) is 9.99 Å². The van der Waals surface area contributed by atoms with Gasteiger partial charge in [0, 0.05) is 18.9 Å². The summed E-state index contributed by atoms with van der Waals surface area (Å²) in [4.78, 5) is 15.8. The van der Waals surface area contributed by atoms with Gasteiger partial charge in [-0.3, -0.25) is 5.26 Å². The Morgan fingerprint density at radius 1 is 1.24 bits per heavy atom. The van der Waals surface area contributed by atoms with E-state index < -0.39 is 36.5 Å². The maximum Gasteiger partial charge on any atom is 0.331 e. The third-order valence-electron chi connectivity index (χ3n) is 3.96. The summed E-state index contributed by atoms with van der Waals surface area (Å²) in [5.41, 5.74) is -1.23. The average molecular weight is 356 g/mol. The molecule has 4 atom stereocenters. The van der Waals surface area contributed by atoms with E-state index in [1.54, 1.807) is 0 Å². The van der Waals surface area contributed by atoms with E-state index in [1.807, 2.05) is 0 Å². The minimum Gasteiger partial charge on any atom is -0.504 e. The van der Waals surface area contributed by atoms with E-state index in [0.29, 0.717) is 5.56 Å². The summed E-state index contributed by atoms with van der Waals surface area (Å²) < 4.78 is 5.05. The summed E-state index contributed by atoms with van der Waals surface area (Å²) in [5, 5.41) is 57.0. The van der Waals surface area contributed by atoms with Crippen LogP contribution >= 0.6 is 0 Å². The van der Waals surface area contributed by atoms with Crippen LogP contribution in [-0.2, 0) is 14.4 Å². The van der Waals surface area contributed by atoms with Crippen molar-refractivity contribution in [3.63, 3.8) is 0 Å². The number of hydrogen-bond acceptors (Lipinski definition) is 9. The van der Waals surface area contributed by atoms with E-state index in [9.17, 15) is 30.3 Å². The van der Waals surface area contributed by atoms with Crippen molar-refractivity contribution >= 4 is 12.0 Å².